The fraction of sp³-hybridized carbons (Fsp3) is 0.227. The third-order valence-electron chi connectivity index (χ3n) is 4.10. The summed E-state index contributed by atoms with van der Waals surface area (Å²) in [6.45, 7) is 8.85. The van der Waals surface area contributed by atoms with Gasteiger partial charge in [-0.1, -0.05) is 42.5 Å². The van der Waals surface area contributed by atoms with E-state index in [0.29, 0.717) is 19.5 Å². The molecule has 0 saturated heterocycles. The maximum atomic E-state index is 13.0. The SMILES string of the molecule is C=CCN(CC=C)[C@@H](Cc1ccccc1)C(=O)Nc1ccc(OC)cc1. The van der Waals surface area contributed by atoms with E-state index in [1.807, 2.05) is 66.7 Å². The standard InChI is InChI=1S/C22H26N2O2/c1-4-15-24(16-5-2)21(17-18-9-7-6-8-10-18)22(25)23-19-11-13-20(26-3)14-12-19/h4-14,21H,1-2,15-17H2,3H3,(H,23,25)/t21-/m0/s1. The first-order valence-corrected chi connectivity index (χ1v) is 8.62. The zero-order valence-corrected chi connectivity index (χ0v) is 15.2. The molecule has 1 amide bonds. The largest absolute Gasteiger partial charge is 0.497 e. The third-order valence-corrected chi connectivity index (χ3v) is 4.10. The first kappa shape index (κ1) is 19.5. The summed E-state index contributed by atoms with van der Waals surface area (Å²) in [5, 5.41) is 3.01. The van der Waals surface area contributed by atoms with Crippen LogP contribution in [0.2, 0.25) is 0 Å². The van der Waals surface area contributed by atoms with Crippen LogP contribution in [-0.4, -0.2) is 37.0 Å². The minimum atomic E-state index is -0.324. The van der Waals surface area contributed by atoms with Crippen molar-refractivity contribution in [3.05, 3.63) is 85.5 Å². The number of nitrogens with zero attached hydrogens (tertiary/aromatic N) is 1. The Morgan fingerprint density at radius 3 is 2.23 bits per heavy atom. The average Bonchev–Trinajstić information content (AvgIpc) is 2.67. The van der Waals surface area contributed by atoms with Gasteiger partial charge in [0.25, 0.3) is 0 Å². The van der Waals surface area contributed by atoms with E-state index < -0.39 is 0 Å². The van der Waals surface area contributed by atoms with Gasteiger partial charge in [0, 0.05) is 18.8 Å². The lowest BCUT2D eigenvalue weighted by Gasteiger charge is -2.29. The van der Waals surface area contributed by atoms with Crippen molar-refractivity contribution < 1.29 is 9.53 Å². The molecule has 0 aromatic heterocycles. The molecule has 0 bridgehead atoms. The Morgan fingerprint density at radius 2 is 1.69 bits per heavy atom. The van der Waals surface area contributed by atoms with E-state index in [2.05, 4.69) is 23.4 Å². The number of hydrogen-bond acceptors (Lipinski definition) is 3. The van der Waals surface area contributed by atoms with Crippen molar-refractivity contribution in [2.45, 2.75) is 12.5 Å². The molecule has 0 aliphatic carbocycles. The van der Waals surface area contributed by atoms with Crippen molar-refractivity contribution in [2.24, 2.45) is 0 Å². The van der Waals surface area contributed by atoms with E-state index in [1.54, 1.807) is 7.11 Å². The topological polar surface area (TPSA) is 41.6 Å². The lowest BCUT2D eigenvalue weighted by atomic mass is 10.0. The lowest BCUT2D eigenvalue weighted by Crippen LogP contribution is -2.45. The molecule has 0 saturated carbocycles. The fourth-order valence-electron chi connectivity index (χ4n) is 2.79. The summed E-state index contributed by atoms with van der Waals surface area (Å²) in [5.74, 6) is 0.700. The highest BCUT2D eigenvalue weighted by atomic mass is 16.5. The van der Waals surface area contributed by atoms with Gasteiger partial charge >= 0.3 is 0 Å². The number of carbonyl (C=O) groups is 1. The number of carbonyl (C=O) groups excluding carboxylic acids is 1. The Labute approximate surface area is 155 Å². The highest BCUT2D eigenvalue weighted by molar-refractivity contribution is 5.95. The van der Waals surface area contributed by atoms with Crippen LogP contribution in [0.25, 0.3) is 0 Å². The van der Waals surface area contributed by atoms with Crippen LogP contribution in [0.15, 0.2) is 79.9 Å². The Hall–Kier alpha value is -2.85. The van der Waals surface area contributed by atoms with Gasteiger partial charge in [0.15, 0.2) is 0 Å². The zero-order valence-electron chi connectivity index (χ0n) is 15.2. The van der Waals surface area contributed by atoms with Crippen LogP contribution in [-0.2, 0) is 11.2 Å². The van der Waals surface area contributed by atoms with Crippen LogP contribution in [0.5, 0.6) is 5.75 Å². The average molecular weight is 350 g/mol. The number of benzene rings is 2. The molecule has 136 valence electrons. The molecule has 0 spiro atoms. The second-order valence-corrected chi connectivity index (χ2v) is 5.95. The summed E-state index contributed by atoms with van der Waals surface area (Å²) in [6.07, 6.45) is 4.23. The minimum Gasteiger partial charge on any atom is -0.497 e. The Bertz CT molecular complexity index is 701. The summed E-state index contributed by atoms with van der Waals surface area (Å²) < 4.78 is 5.16. The van der Waals surface area contributed by atoms with Crippen LogP contribution in [0.3, 0.4) is 0 Å². The Kier molecular flexibility index (Phi) is 7.65. The van der Waals surface area contributed by atoms with E-state index in [1.165, 1.54) is 0 Å². The first-order valence-electron chi connectivity index (χ1n) is 8.62. The molecule has 0 fully saturated rings. The molecule has 0 unspecified atom stereocenters. The molecule has 2 aromatic rings. The maximum Gasteiger partial charge on any atom is 0.242 e. The molecule has 0 radical (unpaired) electrons. The number of anilines is 1. The van der Waals surface area contributed by atoms with E-state index in [9.17, 15) is 4.79 Å². The van der Waals surface area contributed by atoms with E-state index in [4.69, 9.17) is 4.74 Å². The van der Waals surface area contributed by atoms with Gasteiger partial charge in [-0.05, 0) is 36.2 Å². The normalized spacial score (nSPS) is 11.6. The smallest absolute Gasteiger partial charge is 0.242 e. The summed E-state index contributed by atoms with van der Waals surface area (Å²) in [5.41, 5.74) is 1.85. The highest BCUT2D eigenvalue weighted by Crippen LogP contribution is 2.17. The van der Waals surface area contributed by atoms with E-state index in [-0.39, 0.29) is 11.9 Å². The number of rotatable bonds is 10. The number of hydrogen-bond donors (Lipinski definition) is 1. The van der Waals surface area contributed by atoms with Gasteiger partial charge in [0.05, 0.1) is 13.2 Å². The number of ether oxygens (including phenoxy) is 1. The van der Waals surface area contributed by atoms with Crippen molar-refractivity contribution in [1.82, 2.24) is 4.90 Å². The van der Waals surface area contributed by atoms with Gasteiger partial charge in [-0.15, -0.1) is 13.2 Å². The molecule has 4 nitrogen and oxygen atoms in total. The summed E-state index contributed by atoms with van der Waals surface area (Å²) >= 11 is 0. The molecule has 1 atom stereocenters. The molecule has 2 rings (SSSR count). The summed E-state index contributed by atoms with van der Waals surface area (Å²) in [7, 11) is 1.62. The molecule has 4 heteroatoms. The minimum absolute atomic E-state index is 0.0530. The Morgan fingerprint density at radius 1 is 1.08 bits per heavy atom. The fourth-order valence-corrected chi connectivity index (χ4v) is 2.79. The van der Waals surface area contributed by atoms with E-state index in [0.717, 1.165) is 17.0 Å². The molecule has 26 heavy (non-hydrogen) atoms. The van der Waals surface area contributed by atoms with Crippen LogP contribution in [0.4, 0.5) is 5.69 Å². The van der Waals surface area contributed by atoms with Crippen molar-refractivity contribution in [3.63, 3.8) is 0 Å². The Balaban J connectivity index is 2.20. The van der Waals surface area contributed by atoms with Gasteiger partial charge < -0.3 is 10.1 Å². The van der Waals surface area contributed by atoms with Gasteiger partial charge in [-0.2, -0.15) is 0 Å². The predicted molar refractivity (Wildman–Crippen MR) is 108 cm³/mol. The van der Waals surface area contributed by atoms with Crippen molar-refractivity contribution in [1.29, 1.82) is 0 Å². The monoisotopic (exact) mass is 350 g/mol. The van der Waals surface area contributed by atoms with Gasteiger partial charge in [0.1, 0.15) is 5.75 Å². The van der Waals surface area contributed by atoms with E-state index >= 15 is 0 Å². The molecule has 0 aliphatic heterocycles. The molecular weight excluding hydrogens is 324 g/mol. The quantitative estimate of drug-likeness (QED) is 0.661. The number of nitrogens with one attached hydrogen (secondary N) is 1. The highest BCUT2D eigenvalue weighted by Gasteiger charge is 2.25. The second kappa shape index (κ2) is 10.2. The first-order chi connectivity index (χ1) is 12.7. The van der Waals surface area contributed by atoms with Crippen molar-refractivity contribution >= 4 is 11.6 Å². The molecule has 0 heterocycles. The molecular formula is C22H26N2O2. The summed E-state index contributed by atoms with van der Waals surface area (Å²) in [6, 6.07) is 17.0. The van der Waals surface area contributed by atoms with Gasteiger partial charge in [-0.3, -0.25) is 9.69 Å². The predicted octanol–water partition coefficient (Wildman–Crippen LogP) is 3.92. The number of methoxy groups -OCH3 is 1. The van der Waals surface area contributed by atoms with Crippen LogP contribution in [0, 0.1) is 0 Å². The van der Waals surface area contributed by atoms with Crippen LogP contribution in [0.1, 0.15) is 5.56 Å². The molecule has 1 N–H and O–H groups in total. The van der Waals surface area contributed by atoms with Crippen molar-refractivity contribution in [2.75, 3.05) is 25.5 Å². The third kappa shape index (κ3) is 5.60. The lowest BCUT2D eigenvalue weighted by molar-refractivity contribution is -0.121. The van der Waals surface area contributed by atoms with Gasteiger partial charge in [-0.25, -0.2) is 0 Å². The summed E-state index contributed by atoms with van der Waals surface area (Å²) in [4.78, 5) is 15.1. The van der Waals surface area contributed by atoms with Crippen molar-refractivity contribution in [3.8, 4) is 5.75 Å². The van der Waals surface area contributed by atoms with Gasteiger partial charge in [0.2, 0.25) is 5.91 Å². The zero-order chi connectivity index (χ0) is 18.8. The van der Waals surface area contributed by atoms with Crippen LogP contribution >= 0.6 is 0 Å². The molecule has 2 aromatic carbocycles. The van der Waals surface area contributed by atoms with Crippen LogP contribution < -0.4 is 10.1 Å². The maximum absolute atomic E-state index is 13.0. The second-order valence-electron chi connectivity index (χ2n) is 5.95. The number of amides is 1. The molecule has 0 aliphatic rings.